The SMILES string of the molecule is CC[CH]OC/C=C/C(F)(F)C(F)(F)C(F)(F)F. The molecule has 0 heterocycles. The smallest absolute Gasteiger partial charge is 0.371 e. The van der Waals surface area contributed by atoms with Gasteiger partial charge < -0.3 is 4.74 Å². The van der Waals surface area contributed by atoms with Crippen LogP contribution < -0.4 is 0 Å². The van der Waals surface area contributed by atoms with Crippen molar-refractivity contribution < 1.29 is 35.5 Å². The molecular formula is C9H10F7O. The second kappa shape index (κ2) is 5.70. The van der Waals surface area contributed by atoms with Crippen LogP contribution in [0, 0.1) is 6.61 Å². The lowest BCUT2D eigenvalue weighted by molar-refractivity contribution is -0.341. The van der Waals surface area contributed by atoms with E-state index in [9.17, 15) is 30.7 Å². The highest BCUT2D eigenvalue weighted by atomic mass is 19.4. The Balaban J connectivity index is 4.56. The zero-order valence-electron chi connectivity index (χ0n) is 8.70. The second-order valence-corrected chi connectivity index (χ2v) is 3.01. The Bertz CT molecular complexity index is 257. The largest absolute Gasteiger partial charge is 0.460 e. The van der Waals surface area contributed by atoms with Crippen LogP contribution in [0.1, 0.15) is 13.3 Å². The Labute approximate surface area is 93.2 Å². The molecule has 0 aliphatic heterocycles. The molecule has 0 aliphatic carbocycles. The van der Waals surface area contributed by atoms with Gasteiger partial charge in [0, 0.05) is 0 Å². The lowest BCUT2D eigenvalue weighted by Gasteiger charge is -2.25. The molecule has 0 aromatic carbocycles. The van der Waals surface area contributed by atoms with Crippen LogP contribution in [-0.4, -0.2) is 24.6 Å². The Morgan fingerprint density at radius 2 is 1.53 bits per heavy atom. The number of hydrogen-bond acceptors (Lipinski definition) is 1. The summed E-state index contributed by atoms with van der Waals surface area (Å²) in [5.74, 6) is -11.4. The van der Waals surface area contributed by atoms with Crippen LogP contribution in [0.25, 0.3) is 0 Å². The fourth-order valence-corrected chi connectivity index (χ4v) is 0.731. The van der Waals surface area contributed by atoms with Gasteiger partial charge in [0.25, 0.3) is 0 Å². The van der Waals surface area contributed by atoms with E-state index < -0.39 is 30.7 Å². The fraction of sp³-hybridized carbons (Fsp3) is 0.667. The molecule has 8 heteroatoms. The van der Waals surface area contributed by atoms with Gasteiger partial charge in [0.15, 0.2) is 0 Å². The predicted octanol–water partition coefficient (Wildman–Crippen LogP) is 3.96. The molecule has 0 spiro atoms. The van der Waals surface area contributed by atoms with Gasteiger partial charge in [-0.25, -0.2) is 0 Å². The van der Waals surface area contributed by atoms with Gasteiger partial charge in [-0.3, -0.25) is 0 Å². The van der Waals surface area contributed by atoms with Gasteiger partial charge in [0.2, 0.25) is 0 Å². The molecule has 0 aliphatic rings. The molecule has 0 unspecified atom stereocenters. The summed E-state index contributed by atoms with van der Waals surface area (Å²) in [6.07, 6.45) is -5.96. The van der Waals surface area contributed by atoms with Crippen molar-refractivity contribution in [1.82, 2.24) is 0 Å². The Kier molecular flexibility index (Phi) is 5.44. The van der Waals surface area contributed by atoms with Gasteiger partial charge in [-0.05, 0) is 12.5 Å². The molecule has 1 radical (unpaired) electrons. The number of halogens is 7. The van der Waals surface area contributed by atoms with E-state index in [4.69, 9.17) is 0 Å². The van der Waals surface area contributed by atoms with Crippen LogP contribution in [0.15, 0.2) is 12.2 Å². The van der Waals surface area contributed by atoms with Crippen LogP contribution >= 0.6 is 0 Å². The van der Waals surface area contributed by atoms with E-state index in [1.807, 2.05) is 0 Å². The monoisotopic (exact) mass is 267 g/mol. The molecule has 17 heavy (non-hydrogen) atoms. The van der Waals surface area contributed by atoms with Gasteiger partial charge >= 0.3 is 18.0 Å². The first-order valence-electron chi connectivity index (χ1n) is 4.49. The molecule has 0 rings (SSSR count). The predicted molar refractivity (Wildman–Crippen MR) is 45.6 cm³/mol. The standard InChI is InChI=1S/C9H10F7O/c1-2-5-17-6-3-4-7(10,11)8(12,13)9(14,15)16/h3-5H,2,6H2,1H3/b4-3+. The second-order valence-electron chi connectivity index (χ2n) is 3.01. The van der Waals surface area contributed by atoms with E-state index >= 15 is 0 Å². The van der Waals surface area contributed by atoms with Crippen molar-refractivity contribution in [3.63, 3.8) is 0 Å². The van der Waals surface area contributed by atoms with Crippen LogP contribution in [0.5, 0.6) is 0 Å². The van der Waals surface area contributed by atoms with Crippen molar-refractivity contribution in [3.8, 4) is 0 Å². The van der Waals surface area contributed by atoms with Gasteiger partial charge in [0.05, 0.1) is 13.2 Å². The van der Waals surface area contributed by atoms with Crippen LogP contribution in [0.4, 0.5) is 30.7 Å². The summed E-state index contributed by atoms with van der Waals surface area (Å²) in [4.78, 5) is 0. The highest BCUT2D eigenvalue weighted by Gasteiger charge is 2.71. The van der Waals surface area contributed by atoms with Gasteiger partial charge in [-0.15, -0.1) is 0 Å². The molecule has 0 atom stereocenters. The molecule has 0 N–H and O–H groups in total. The average Bonchev–Trinajstić information content (AvgIpc) is 2.15. The first-order valence-corrected chi connectivity index (χ1v) is 4.49. The average molecular weight is 267 g/mol. The first-order chi connectivity index (χ1) is 7.56. The summed E-state index contributed by atoms with van der Waals surface area (Å²) < 4.78 is 89.3. The highest BCUT2D eigenvalue weighted by Crippen LogP contribution is 2.46. The lowest BCUT2D eigenvalue weighted by atomic mass is 10.1. The van der Waals surface area contributed by atoms with Crippen LogP contribution in [0.2, 0.25) is 0 Å². The minimum atomic E-state index is -6.31. The van der Waals surface area contributed by atoms with Crippen molar-refractivity contribution in [2.45, 2.75) is 31.4 Å². The van der Waals surface area contributed by atoms with E-state index in [1.54, 1.807) is 6.92 Å². The number of allylic oxidation sites excluding steroid dienone is 1. The summed E-state index contributed by atoms with van der Waals surface area (Å²) >= 11 is 0. The summed E-state index contributed by atoms with van der Waals surface area (Å²) in [6.45, 7) is 2.36. The highest BCUT2D eigenvalue weighted by molar-refractivity contribution is 5.05. The Morgan fingerprint density at radius 3 is 1.94 bits per heavy atom. The van der Waals surface area contributed by atoms with Crippen molar-refractivity contribution in [3.05, 3.63) is 18.8 Å². The summed E-state index contributed by atoms with van der Waals surface area (Å²) in [6, 6.07) is 0. The molecule has 0 saturated carbocycles. The number of rotatable bonds is 6. The topological polar surface area (TPSA) is 9.23 Å². The minimum absolute atomic E-state index is 0.409. The maximum Gasteiger partial charge on any atom is 0.460 e. The van der Waals surface area contributed by atoms with Crippen molar-refractivity contribution in [2.24, 2.45) is 0 Å². The molecule has 0 aromatic heterocycles. The van der Waals surface area contributed by atoms with Crippen LogP contribution in [-0.2, 0) is 4.74 Å². The molecule has 0 amide bonds. The van der Waals surface area contributed by atoms with E-state index in [2.05, 4.69) is 4.74 Å². The molecule has 0 fully saturated rings. The number of ether oxygens (including phenoxy) is 1. The summed E-state index contributed by atoms with van der Waals surface area (Å²) in [5.41, 5.74) is 0. The minimum Gasteiger partial charge on any atom is -0.371 e. The molecular weight excluding hydrogens is 257 g/mol. The Morgan fingerprint density at radius 1 is 1.00 bits per heavy atom. The molecule has 0 bridgehead atoms. The quantitative estimate of drug-likeness (QED) is 0.402. The van der Waals surface area contributed by atoms with Gasteiger partial charge in [0.1, 0.15) is 0 Å². The number of alkyl halides is 7. The van der Waals surface area contributed by atoms with Crippen molar-refractivity contribution >= 4 is 0 Å². The van der Waals surface area contributed by atoms with E-state index in [-0.39, 0.29) is 0 Å². The zero-order valence-corrected chi connectivity index (χ0v) is 8.70. The van der Waals surface area contributed by atoms with E-state index in [0.717, 1.165) is 0 Å². The van der Waals surface area contributed by atoms with E-state index in [1.165, 1.54) is 6.61 Å². The zero-order chi connectivity index (χ0) is 13.7. The third kappa shape index (κ3) is 4.18. The van der Waals surface area contributed by atoms with Crippen molar-refractivity contribution in [2.75, 3.05) is 6.61 Å². The molecule has 101 valence electrons. The summed E-state index contributed by atoms with van der Waals surface area (Å²) in [7, 11) is 0. The maximum atomic E-state index is 12.6. The summed E-state index contributed by atoms with van der Waals surface area (Å²) in [5, 5.41) is 0. The Hall–Kier alpha value is -0.790. The molecule has 0 saturated heterocycles. The lowest BCUT2D eigenvalue weighted by Crippen LogP contribution is -2.50. The maximum absolute atomic E-state index is 12.6. The molecule has 0 aromatic rings. The fourth-order valence-electron chi connectivity index (χ4n) is 0.731. The third-order valence-electron chi connectivity index (χ3n) is 1.58. The van der Waals surface area contributed by atoms with E-state index in [0.29, 0.717) is 12.5 Å². The van der Waals surface area contributed by atoms with Crippen LogP contribution in [0.3, 0.4) is 0 Å². The van der Waals surface area contributed by atoms with Crippen molar-refractivity contribution in [1.29, 1.82) is 0 Å². The van der Waals surface area contributed by atoms with Gasteiger partial charge in [-0.1, -0.05) is 13.0 Å². The third-order valence-corrected chi connectivity index (χ3v) is 1.58. The normalized spacial score (nSPS) is 14.6. The number of hydrogen-bond donors (Lipinski definition) is 0. The molecule has 1 nitrogen and oxygen atoms in total. The first kappa shape index (κ1) is 16.2. The van der Waals surface area contributed by atoms with Gasteiger partial charge in [-0.2, -0.15) is 30.7 Å².